The highest BCUT2D eigenvalue weighted by Gasteiger charge is 2.30. The quantitative estimate of drug-likeness (QED) is 0.648. The molecule has 1 saturated heterocycles. The van der Waals surface area contributed by atoms with Gasteiger partial charge in [-0.05, 0) is 57.1 Å². The lowest BCUT2D eigenvalue weighted by Crippen LogP contribution is -2.46. The Bertz CT molecular complexity index is 986. The van der Waals surface area contributed by atoms with E-state index in [2.05, 4.69) is 30.5 Å². The maximum atomic E-state index is 13.5. The van der Waals surface area contributed by atoms with Gasteiger partial charge in [-0.1, -0.05) is 0 Å². The van der Waals surface area contributed by atoms with Crippen molar-refractivity contribution in [2.75, 3.05) is 18.9 Å². The molecule has 8 heteroatoms. The Morgan fingerprint density at radius 3 is 2.96 bits per heavy atom. The standard InChI is InChI=1S/C20H23FN6O/c1-12-3-5-15(11-22-12)24-20(28)23-14-7-8-27(2)18(10-14)19-25-16-6-4-13(21)9-17(16)26-19/h3-6,9,11,14,18H,7-8,10H2,1-2H3,(H,25,26)(H2,23,24,28)/t14-,18-/m1/s1. The Morgan fingerprint density at radius 2 is 2.18 bits per heavy atom. The summed E-state index contributed by atoms with van der Waals surface area (Å²) in [6.45, 7) is 2.72. The van der Waals surface area contributed by atoms with Crippen LogP contribution in [0.25, 0.3) is 11.0 Å². The number of pyridine rings is 1. The van der Waals surface area contributed by atoms with Crippen LogP contribution in [-0.4, -0.2) is 45.5 Å². The van der Waals surface area contributed by atoms with Gasteiger partial charge >= 0.3 is 6.03 Å². The smallest absolute Gasteiger partial charge is 0.319 e. The van der Waals surface area contributed by atoms with Gasteiger partial charge in [0, 0.05) is 18.3 Å². The van der Waals surface area contributed by atoms with Crippen molar-refractivity contribution in [3.05, 3.63) is 53.9 Å². The Hall–Kier alpha value is -3.00. The number of anilines is 1. The maximum absolute atomic E-state index is 13.5. The van der Waals surface area contributed by atoms with Crippen LogP contribution < -0.4 is 10.6 Å². The first-order valence-corrected chi connectivity index (χ1v) is 9.33. The highest BCUT2D eigenvalue weighted by atomic mass is 19.1. The summed E-state index contributed by atoms with van der Waals surface area (Å²) >= 11 is 0. The van der Waals surface area contributed by atoms with Gasteiger partial charge in [-0.25, -0.2) is 14.2 Å². The molecule has 4 rings (SSSR count). The van der Waals surface area contributed by atoms with Crippen molar-refractivity contribution in [2.24, 2.45) is 0 Å². The zero-order valence-electron chi connectivity index (χ0n) is 15.9. The molecule has 3 aromatic rings. The first-order chi connectivity index (χ1) is 13.5. The number of rotatable bonds is 3. The number of likely N-dealkylation sites (tertiary alicyclic amines) is 1. The van der Waals surface area contributed by atoms with Crippen LogP contribution >= 0.6 is 0 Å². The molecule has 2 aromatic heterocycles. The van der Waals surface area contributed by atoms with Gasteiger partial charge in [-0.3, -0.25) is 9.88 Å². The van der Waals surface area contributed by atoms with Crippen LogP contribution in [0.4, 0.5) is 14.9 Å². The van der Waals surface area contributed by atoms with Crippen LogP contribution in [0.2, 0.25) is 0 Å². The number of hydrogen-bond donors (Lipinski definition) is 3. The highest BCUT2D eigenvalue weighted by Crippen LogP contribution is 2.29. The summed E-state index contributed by atoms with van der Waals surface area (Å²) < 4.78 is 13.5. The van der Waals surface area contributed by atoms with Crippen LogP contribution in [0.3, 0.4) is 0 Å². The van der Waals surface area contributed by atoms with E-state index in [9.17, 15) is 9.18 Å². The fraction of sp³-hybridized carbons (Fsp3) is 0.350. The molecular weight excluding hydrogens is 359 g/mol. The van der Waals surface area contributed by atoms with E-state index in [0.29, 0.717) is 11.2 Å². The molecule has 28 heavy (non-hydrogen) atoms. The summed E-state index contributed by atoms with van der Waals surface area (Å²) in [6, 6.07) is 8.01. The Balaban J connectivity index is 1.43. The number of nitrogens with zero attached hydrogens (tertiary/aromatic N) is 3. The predicted molar refractivity (Wildman–Crippen MR) is 106 cm³/mol. The third-order valence-corrected chi connectivity index (χ3v) is 5.15. The molecule has 2 atom stereocenters. The van der Waals surface area contributed by atoms with Crippen LogP contribution in [-0.2, 0) is 0 Å². The summed E-state index contributed by atoms with van der Waals surface area (Å²) in [6.07, 6.45) is 3.21. The summed E-state index contributed by atoms with van der Waals surface area (Å²) in [5, 5.41) is 5.86. The molecule has 0 saturated carbocycles. The van der Waals surface area contributed by atoms with Crippen molar-refractivity contribution in [1.29, 1.82) is 0 Å². The Labute approximate surface area is 162 Å². The second-order valence-electron chi connectivity index (χ2n) is 7.29. The Morgan fingerprint density at radius 1 is 1.32 bits per heavy atom. The normalized spacial score (nSPS) is 20.2. The largest absolute Gasteiger partial charge is 0.341 e. The number of aryl methyl sites for hydroxylation is 1. The third-order valence-electron chi connectivity index (χ3n) is 5.15. The lowest BCUT2D eigenvalue weighted by Gasteiger charge is -2.36. The van der Waals surface area contributed by atoms with Gasteiger partial charge in [-0.2, -0.15) is 0 Å². The van der Waals surface area contributed by atoms with E-state index in [1.807, 2.05) is 26.1 Å². The van der Waals surface area contributed by atoms with Crippen molar-refractivity contribution < 1.29 is 9.18 Å². The lowest BCUT2D eigenvalue weighted by atomic mass is 9.97. The average molecular weight is 382 g/mol. The minimum atomic E-state index is -0.290. The fourth-order valence-corrected chi connectivity index (χ4v) is 3.59. The molecule has 0 bridgehead atoms. The molecule has 1 aromatic carbocycles. The number of urea groups is 1. The molecule has 0 spiro atoms. The number of hydrogen-bond acceptors (Lipinski definition) is 4. The van der Waals surface area contributed by atoms with Crippen LogP contribution in [0.5, 0.6) is 0 Å². The van der Waals surface area contributed by atoms with Gasteiger partial charge in [0.25, 0.3) is 0 Å². The minimum Gasteiger partial charge on any atom is -0.341 e. The van der Waals surface area contributed by atoms with Gasteiger partial charge in [-0.15, -0.1) is 0 Å². The number of piperidine rings is 1. The van der Waals surface area contributed by atoms with Gasteiger partial charge in [0.2, 0.25) is 0 Å². The summed E-state index contributed by atoms with van der Waals surface area (Å²) in [7, 11) is 2.03. The number of amides is 2. The summed E-state index contributed by atoms with van der Waals surface area (Å²) in [5.74, 6) is 0.499. The van der Waals surface area contributed by atoms with E-state index >= 15 is 0 Å². The van der Waals surface area contributed by atoms with E-state index in [1.54, 1.807) is 12.3 Å². The number of halogens is 1. The summed E-state index contributed by atoms with van der Waals surface area (Å²) in [4.78, 5) is 26.6. The zero-order chi connectivity index (χ0) is 19.7. The SMILES string of the molecule is Cc1ccc(NC(=O)N[C@@H]2CCN(C)[C@@H](c3nc4ccc(F)cc4[nH]3)C2)cn1. The molecule has 0 unspecified atom stereocenters. The lowest BCUT2D eigenvalue weighted by molar-refractivity contribution is 0.153. The van der Waals surface area contributed by atoms with Crippen molar-refractivity contribution in [3.63, 3.8) is 0 Å². The minimum absolute atomic E-state index is 0.0181. The molecule has 3 heterocycles. The molecule has 1 aliphatic rings. The number of H-pyrrole nitrogens is 1. The number of nitrogens with one attached hydrogen (secondary N) is 3. The monoisotopic (exact) mass is 382 g/mol. The number of aromatic nitrogens is 3. The van der Waals surface area contributed by atoms with Gasteiger partial charge < -0.3 is 15.6 Å². The summed E-state index contributed by atoms with van der Waals surface area (Å²) in [5.41, 5.74) is 2.98. The van der Waals surface area contributed by atoms with Gasteiger partial charge in [0.05, 0.1) is 29.0 Å². The second kappa shape index (κ2) is 7.55. The van der Waals surface area contributed by atoms with E-state index < -0.39 is 0 Å². The highest BCUT2D eigenvalue weighted by molar-refractivity contribution is 5.89. The molecular formula is C20H23FN6O. The zero-order valence-corrected chi connectivity index (χ0v) is 15.9. The first kappa shape index (κ1) is 18.4. The number of carbonyl (C=O) groups is 1. The number of aromatic amines is 1. The van der Waals surface area contributed by atoms with Crippen LogP contribution in [0.15, 0.2) is 36.5 Å². The molecule has 1 aliphatic heterocycles. The average Bonchev–Trinajstić information content (AvgIpc) is 3.08. The molecule has 2 amide bonds. The first-order valence-electron chi connectivity index (χ1n) is 9.33. The van der Waals surface area contributed by atoms with Crippen molar-refractivity contribution in [1.82, 2.24) is 25.2 Å². The number of carbonyl (C=O) groups excluding carboxylic acids is 1. The van der Waals surface area contributed by atoms with E-state index in [0.717, 1.165) is 36.4 Å². The third kappa shape index (κ3) is 3.96. The second-order valence-corrected chi connectivity index (χ2v) is 7.29. The number of imidazole rings is 1. The predicted octanol–water partition coefficient (Wildman–Crippen LogP) is 3.36. The molecule has 1 fully saturated rings. The molecule has 0 radical (unpaired) electrons. The van der Waals surface area contributed by atoms with E-state index in [-0.39, 0.29) is 23.9 Å². The number of fused-ring (bicyclic) bond motifs is 1. The molecule has 3 N–H and O–H groups in total. The van der Waals surface area contributed by atoms with Crippen LogP contribution in [0.1, 0.15) is 30.4 Å². The fourth-order valence-electron chi connectivity index (χ4n) is 3.59. The van der Waals surface area contributed by atoms with Crippen molar-refractivity contribution >= 4 is 22.8 Å². The molecule has 0 aliphatic carbocycles. The molecule has 146 valence electrons. The van der Waals surface area contributed by atoms with Crippen molar-refractivity contribution in [3.8, 4) is 0 Å². The topological polar surface area (TPSA) is 85.9 Å². The maximum Gasteiger partial charge on any atom is 0.319 e. The molecule has 7 nitrogen and oxygen atoms in total. The van der Waals surface area contributed by atoms with E-state index in [4.69, 9.17) is 0 Å². The van der Waals surface area contributed by atoms with Crippen molar-refractivity contribution in [2.45, 2.75) is 31.8 Å². The number of benzene rings is 1. The Kier molecular flexibility index (Phi) is 4.95. The van der Waals surface area contributed by atoms with Gasteiger partial charge in [0.1, 0.15) is 11.6 Å². The van der Waals surface area contributed by atoms with E-state index in [1.165, 1.54) is 12.1 Å². The van der Waals surface area contributed by atoms with Gasteiger partial charge in [0.15, 0.2) is 0 Å². The van der Waals surface area contributed by atoms with Crippen LogP contribution in [0, 0.1) is 12.7 Å².